The molecule has 2 aliphatic heterocycles. The lowest BCUT2D eigenvalue weighted by molar-refractivity contribution is -0.137. The smallest absolute Gasteiger partial charge is 0.303 e. The Balaban J connectivity index is 1.88. The highest BCUT2D eigenvalue weighted by molar-refractivity contribution is 6.09. The van der Waals surface area contributed by atoms with Gasteiger partial charge in [0.25, 0.3) is 0 Å². The average Bonchev–Trinajstić information content (AvgIpc) is 3.70. The van der Waals surface area contributed by atoms with E-state index in [0.717, 1.165) is 33.4 Å². The quantitative estimate of drug-likeness (QED) is 0.175. The van der Waals surface area contributed by atoms with Gasteiger partial charge in [0.15, 0.2) is 5.78 Å². The number of allylic oxidation sites excluding steroid dienone is 3. The van der Waals surface area contributed by atoms with Crippen LogP contribution in [0.25, 0.3) is 44.9 Å². The number of H-pyrrole nitrogens is 2. The molecule has 5 rings (SSSR count). The predicted octanol–water partition coefficient (Wildman–Crippen LogP) is 4.56. The number of aliphatic carboxylic acids is 2. The van der Waals surface area contributed by atoms with Crippen molar-refractivity contribution in [2.75, 3.05) is 13.1 Å². The van der Waals surface area contributed by atoms with E-state index in [0.29, 0.717) is 50.4 Å². The molecule has 0 saturated carbocycles. The zero-order chi connectivity index (χ0) is 33.3. The number of nitrogens with one attached hydrogen (secondary N) is 3. The Morgan fingerprint density at radius 2 is 1.50 bits per heavy atom. The van der Waals surface area contributed by atoms with Crippen LogP contribution in [0.1, 0.15) is 82.9 Å². The summed E-state index contributed by atoms with van der Waals surface area (Å²) in [6.45, 7) is 7.04. The van der Waals surface area contributed by atoms with Crippen LogP contribution in [-0.4, -0.2) is 66.9 Å². The lowest BCUT2D eigenvalue weighted by Gasteiger charge is -2.06. The fourth-order valence-corrected chi connectivity index (χ4v) is 5.83. The summed E-state index contributed by atoms with van der Waals surface area (Å²) in [5.41, 5.74) is 15.5. The van der Waals surface area contributed by atoms with Gasteiger partial charge in [-0.3, -0.25) is 19.2 Å². The van der Waals surface area contributed by atoms with Gasteiger partial charge < -0.3 is 31.2 Å². The number of rotatable bonds is 10. The number of nitrogens with zero attached hydrogens (tertiary/aromatic N) is 2. The van der Waals surface area contributed by atoms with Gasteiger partial charge in [-0.05, 0) is 104 Å². The molecule has 0 saturated heterocycles. The number of nitrogens with two attached hydrogens (primary N) is 1. The van der Waals surface area contributed by atoms with E-state index in [2.05, 4.69) is 15.3 Å². The van der Waals surface area contributed by atoms with Crippen LogP contribution < -0.4 is 11.1 Å². The number of carbonyl (C=O) groups is 4. The third kappa shape index (κ3) is 6.52. The molecule has 12 nitrogen and oxygen atoms in total. The van der Waals surface area contributed by atoms with Crippen molar-refractivity contribution in [3.05, 3.63) is 69.3 Å². The topological polar surface area (TPSA) is 204 Å². The molecule has 1 amide bonds. The molecule has 46 heavy (non-hydrogen) atoms. The summed E-state index contributed by atoms with van der Waals surface area (Å²) < 4.78 is 0. The minimum atomic E-state index is -0.929. The van der Waals surface area contributed by atoms with Crippen LogP contribution in [0.5, 0.6) is 0 Å². The van der Waals surface area contributed by atoms with E-state index in [9.17, 15) is 29.4 Å². The fourth-order valence-electron chi connectivity index (χ4n) is 5.83. The molecule has 0 unspecified atom stereocenters. The Kier molecular flexibility index (Phi) is 9.01. The van der Waals surface area contributed by atoms with Gasteiger partial charge in [-0.15, -0.1) is 0 Å². The molecule has 0 fully saturated rings. The Hall–Kier alpha value is -5.36. The number of aryl methyl sites for hydroxylation is 3. The maximum Gasteiger partial charge on any atom is 0.303 e. The van der Waals surface area contributed by atoms with Crippen molar-refractivity contribution in [3.63, 3.8) is 0 Å². The van der Waals surface area contributed by atoms with Crippen LogP contribution in [0.3, 0.4) is 0 Å². The van der Waals surface area contributed by atoms with E-state index >= 15 is 0 Å². The molecule has 0 atom stereocenters. The molecule has 238 valence electrons. The number of hydrogen-bond donors (Lipinski definition) is 6. The maximum absolute atomic E-state index is 13.7. The highest BCUT2D eigenvalue weighted by Gasteiger charge is 2.22. The Labute approximate surface area is 264 Å². The minimum absolute atomic E-state index is 0.0788. The molecule has 0 aromatic carbocycles. The second-order valence-corrected chi connectivity index (χ2v) is 11.5. The van der Waals surface area contributed by atoms with Crippen LogP contribution in [0.2, 0.25) is 0 Å². The van der Waals surface area contributed by atoms with Crippen molar-refractivity contribution in [3.8, 4) is 0 Å². The number of carboxylic acid groups (broad SMARTS) is 2. The number of carboxylic acids is 2. The number of hydrogen-bond acceptors (Lipinski definition) is 7. The zero-order valence-electron chi connectivity index (χ0n) is 26.1. The molecular weight excluding hydrogens is 588 g/mol. The molecule has 8 bridgehead atoms. The minimum Gasteiger partial charge on any atom is -0.481 e. The average molecular weight is 625 g/mol. The van der Waals surface area contributed by atoms with Gasteiger partial charge in [-0.1, -0.05) is 0 Å². The van der Waals surface area contributed by atoms with Crippen molar-refractivity contribution < 1.29 is 29.4 Å². The second kappa shape index (κ2) is 12.9. The summed E-state index contributed by atoms with van der Waals surface area (Å²) in [5.74, 6) is -2.66. The number of carbonyl (C=O) groups excluding carboxylic acids is 2. The summed E-state index contributed by atoms with van der Waals surface area (Å²) >= 11 is 0. The molecule has 5 heterocycles. The first-order valence-corrected chi connectivity index (χ1v) is 14.9. The van der Waals surface area contributed by atoms with Gasteiger partial charge >= 0.3 is 11.9 Å². The molecule has 0 spiro atoms. The third-order valence-corrected chi connectivity index (χ3v) is 8.32. The van der Waals surface area contributed by atoms with Gasteiger partial charge in [0, 0.05) is 29.4 Å². The molecular formula is C34H36N6O6. The monoisotopic (exact) mass is 624 g/mol. The van der Waals surface area contributed by atoms with E-state index in [4.69, 9.17) is 15.7 Å². The first-order chi connectivity index (χ1) is 21.9. The van der Waals surface area contributed by atoms with Crippen molar-refractivity contribution in [2.24, 2.45) is 5.73 Å². The van der Waals surface area contributed by atoms with E-state index in [-0.39, 0.29) is 44.6 Å². The van der Waals surface area contributed by atoms with E-state index < -0.39 is 17.8 Å². The normalized spacial score (nSPS) is 12.7. The van der Waals surface area contributed by atoms with E-state index in [1.807, 2.05) is 58.0 Å². The summed E-state index contributed by atoms with van der Waals surface area (Å²) in [6, 6.07) is 7.42. The molecule has 0 radical (unpaired) electrons. The van der Waals surface area contributed by atoms with E-state index in [1.165, 1.54) is 0 Å². The Bertz CT molecular complexity index is 2030. The van der Waals surface area contributed by atoms with E-state index in [1.54, 1.807) is 0 Å². The van der Waals surface area contributed by atoms with Crippen LogP contribution >= 0.6 is 0 Å². The second-order valence-electron chi connectivity index (χ2n) is 11.5. The van der Waals surface area contributed by atoms with Crippen molar-refractivity contribution >= 4 is 68.5 Å². The SMILES string of the molecule is CC1=Cc2cc3[nH]c(cc4nc(cc5[nH]c(cc5C)c(C(=O)CNC(=O)CN)c1n2)C(C)=C4CCC(=O)O)c(CCC(=O)O)c3C. The number of aromatic amines is 2. The summed E-state index contributed by atoms with van der Waals surface area (Å²) in [4.78, 5) is 65.2. The first kappa shape index (κ1) is 32.0. The predicted molar refractivity (Wildman–Crippen MR) is 176 cm³/mol. The number of aromatic nitrogens is 4. The number of fused-ring (bicyclic) bond motifs is 8. The maximum atomic E-state index is 13.7. The largest absolute Gasteiger partial charge is 0.481 e. The van der Waals surface area contributed by atoms with Crippen LogP contribution in [-0.2, 0) is 20.8 Å². The van der Waals surface area contributed by atoms with Crippen molar-refractivity contribution in [2.45, 2.75) is 53.4 Å². The van der Waals surface area contributed by atoms with Gasteiger partial charge in [-0.25, -0.2) is 9.97 Å². The standard InChI is InChI=1S/C34H36N6O6/c1-16-10-28-33(29(41)15-36-30(42)14-35)34-17(2)9-20(37-34)11-24-18(3)21(5-7-31(43)44)26(39-24)13-27-22(6-8-32(45)46)19(4)25(40-27)12-23(16)38-28/h9-13,38-39H,5-8,14-15,35H2,1-4H3,(H,36,42)(H,43,44)(H,45,46). The summed E-state index contributed by atoms with van der Waals surface area (Å²) in [7, 11) is 0. The third-order valence-electron chi connectivity index (χ3n) is 8.32. The van der Waals surface area contributed by atoms with Gasteiger partial charge in [0.05, 0.1) is 46.9 Å². The van der Waals surface area contributed by atoms with Crippen molar-refractivity contribution in [1.29, 1.82) is 0 Å². The molecule has 3 aromatic rings. The van der Waals surface area contributed by atoms with Crippen LogP contribution in [0.4, 0.5) is 0 Å². The lowest BCUT2D eigenvalue weighted by Crippen LogP contribution is -2.34. The van der Waals surface area contributed by atoms with Gasteiger partial charge in [0.1, 0.15) is 0 Å². The number of Topliss-reactive ketones (excluding diaryl/α,β-unsaturated/α-hetero) is 1. The van der Waals surface area contributed by atoms with Gasteiger partial charge in [0.2, 0.25) is 5.91 Å². The Morgan fingerprint density at radius 1 is 0.826 bits per heavy atom. The summed E-state index contributed by atoms with van der Waals surface area (Å²) in [6.07, 6.45) is 2.22. The number of amides is 1. The highest BCUT2D eigenvalue weighted by Crippen LogP contribution is 2.35. The molecule has 0 aliphatic carbocycles. The zero-order valence-corrected chi connectivity index (χ0v) is 26.1. The lowest BCUT2D eigenvalue weighted by atomic mass is 10.0. The van der Waals surface area contributed by atoms with Gasteiger partial charge in [-0.2, -0.15) is 0 Å². The Morgan fingerprint density at radius 3 is 2.20 bits per heavy atom. The van der Waals surface area contributed by atoms with Crippen molar-refractivity contribution in [1.82, 2.24) is 25.3 Å². The van der Waals surface area contributed by atoms with Crippen LogP contribution in [0, 0.1) is 13.8 Å². The molecule has 3 aromatic heterocycles. The highest BCUT2D eigenvalue weighted by atomic mass is 16.4. The first-order valence-electron chi connectivity index (χ1n) is 14.9. The molecule has 12 heteroatoms. The summed E-state index contributed by atoms with van der Waals surface area (Å²) in [5, 5.41) is 21.5. The molecule has 2 aliphatic rings. The fraction of sp³-hybridized carbons (Fsp3) is 0.294. The number of ketones is 1. The van der Waals surface area contributed by atoms with Crippen LogP contribution in [0.15, 0.2) is 24.3 Å². The molecule has 7 N–H and O–H groups in total.